The molecule has 0 saturated carbocycles. The van der Waals surface area contributed by atoms with Gasteiger partial charge in [0.05, 0.1) is 12.3 Å². The number of carbonyl (C=O) groups is 4. The molecule has 11 heteroatoms. The van der Waals surface area contributed by atoms with Crippen LogP contribution in [-0.2, 0) is 43.3 Å². The van der Waals surface area contributed by atoms with Crippen molar-refractivity contribution in [3.05, 3.63) is 59.2 Å². The fraction of sp³-hybridized carbons (Fsp3) is 0.467. The first kappa shape index (κ1) is 30.0. The normalized spacial score (nSPS) is 19.1. The van der Waals surface area contributed by atoms with Crippen LogP contribution in [0, 0.1) is 5.92 Å². The maximum atomic E-state index is 14.0. The number of benzene rings is 2. The summed E-state index contributed by atoms with van der Waals surface area (Å²) in [6, 6.07) is 10.4. The molecule has 4 rings (SSSR count). The number of halogens is 1. The van der Waals surface area contributed by atoms with Crippen LogP contribution in [0.5, 0.6) is 0 Å². The van der Waals surface area contributed by atoms with E-state index in [2.05, 4.69) is 16.0 Å². The van der Waals surface area contributed by atoms with Crippen LogP contribution in [0.15, 0.2) is 42.5 Å². The summed E-state index contributed by atoms with van der Waals surface area (Å²) < 4.78 is 17.3. The first-order valence-electron chi connectivity index (χ1n) is 14.0. The van der Waals surface area contributed by atoms with Crippen molar-refractivity contribution in [2.75, 3.05) is 30.5 Å². The molecule has 2 aliphatic rings. The maximum Gasteiger partial charge on any atom is 0.250 e. The van der Waals surface area contributed by atoms with Gasteiger partial charge >= 0.3 is 0 Å². The van der Waals surface area contributed by atoms with Crippen LogP contribution in [-0.4, -0.2) is 61.6 Å². The fourth-order valence-corrected chi connectivity index (χ4v) is 5.37. The molecule has 4 amide bonds. The largest absolute Gasteiger partial charge is 0.398 e. The minimum absolute atomic E-state index is 0.212. The van der Waals surface area contributed by atoms with Gasteiger partial charge in [0.25, 0.3) is 0 Å². The molecule has 0 aromatic heterocycles. The highest BCUT2D eigenvalue weighted by Crippen LogP contribution is 2.39. The van der Waals surface area contributed by atoms with E-state index in [-0.39, 0.29) is 37.5 Å². The maximum absolute atomic E-state index is 14.0. The van der Waals surface area contributed by atoms with E-state index >= 15 is 0 Å². The molecule has 10 nitrogen and oxygen atoms in total. The molecule has 0 radical (unpaired) electrons. The third-order valence-electron chi connectivity index (χ3n) is 7.80. The molecular weight excluding hydrogens is 529 g/mol. The van der Waals surface area contributed by atoms with Crippen LogP contribution in [0.3, 0.4) is 0 Å². The van der Waals surface area contributed by atoms with Crippen LogP contribution >= 0.6 is 0 Å². The lowest BCUT2D eigenvalue weighted by molar-refractivity contribution is -0.134. The van der Waals surface area contributed by atoms with E-state index < -0.39 is 36.6 Å². The lowest BCUT2D eigenvalue weighted by Crippen LogP contribution is -2.58. The summed E-state index contributed by atoms with van der Waals surface area (Å²) in [5.41, 5.74) is 9.94. The molecule has 0 aliphatic carbocycles. The molecule has 220 valence electrons. The third kappa shape index (κ3) is 6.84. The third-order valence-corrected chi connectivity index (χ3v) is 7.80. The first-order chi connectivity index (χ1) is 19.7. The van der Waals surface area contributed by atoms with Gasteiger partial charge in [-0.25, -0.2) is 4.39 Å². The lowest BCUT2D eigenvalue weighted by Gasteiger charge is -2.30. The number of hydrogen-bond acceptors (Lipinski definition) is 6. The van der Waals surface area contributed by atoms with E-state index in [1.807, 2.05) is 50.2 Å². The summed E-state index contributed by atoms with van der Waals surface area (Å²) in [5.74, 6) is -1.96. The van der Waals surface area contributed by atoms with Crippen molar-refractivity contribution in [3.63, 3.8) is 0 Å². The predicted octanol–water partition coefficient (Wildman–Crippen LogP) is 1.79. The van der Waals surface area contributed by atoms with Gasteiger partial charge in [0.2, 0.25) is 23.6 Å². The standard InChI is InChI=1S/C30H38FN5O5/c1-3-18(2)26(35-25(37)17-41-14-13-31)29(39)34-23-12-11-19-8-6-9-20-15-24(36(27(19)20)30(23)40)28(38)33-16-21-7-4-5-10-22(21)32/h4-10,18,23-24,26H,3,11-17,32H2,1-2H3,(H,33,38)(H,34,39)(H,35,37)/t18-,23-,24-,26-/m0/s1. The van der Waals surface area contributed by atoms with E-state index in [4.69, 9.17) is 10.5 Å². The zero-order chi connectivity index (χ0) is 29.5. The van der Waals surface area contributed by atoms with E-state index in [9.17, 15) is 23.6 Å². The number of aryl methyl sites for hydroxylation is 1. The average Bonchev–Trinajstić information content (AvgIpc) is 3.31. The quantitative estimate of drug-likeness (QED) is 0.228. The topological polar surface area (TPSA) is 143 Å². The molecule has 2 heterocycles. The van der Waals surface area contributed by atoms with Crippen molar-refractivity contribution < 1.29 is 28.3 Å². The second kappa shape index (κ2) is 13.6. The summed E-state index contributed by atoms with van der Waals surface area (Å²) >= 11 is 0. The molecular formula is C30H38FN5O5. The fourth-order valence-electron chi connectivity index (χ4n) is 5.37. The lowest BCUT2D eigenvalue weighted by atomic mass is 9.97. The zero-order valence-electron chi connectivity index (χ0n) is 23.5. The number of nitrogens with zero attached hydrogens (tertiary/aromatic N) is 1. The Morgan fingerprint density at radius 3 is 2.63 bits per heavy atom. The van der Waals surface area contributed by atoms with Gasteiger partial charge in [0.15, 0.2) is 0 Å². The summed E-state index contributed by atoms with van der Waals surface area (Å²) in [5, 5.41) is 8.44. The summed E-state index contributed by atoms with van der Waals surface area (Å²) in [7, 11) is 0. The van der Waals surface area contributed by atoms with Crippen molar-refractivity contribution in [2.24, 2.45) is 5.92 Å². The zero-order valence-corrected chi connectivity index (χ0v) is 23.5. The summed E-state index contributed by atoms with van der Waals surface area (Å²) in [6.07, 6.45) is 1.82. The van der Waals surface area contributed by atoms with Gasteiger partial charge in [-0.3, -0.25) is 24.1 Å². The van der Waals surface area contributed by atoms with E-state index in [1.165, 1.54) is 4.90 Å². The van der Waals surface area contributed by atoms with E-state index in [1.54, 1.807) is 6.07 Å². The SMILES string of the molecule is CC[C@H](C)[C@H](NC(=O)COCCF)C(=O)N[C@H]1CCc2cccc3c2N(C1=O)[C@H](C(=O)NCc1ccccc1N)C3. The van der Waals surface area contributed by atoms with Gasteiger partial charge in [-0.05, 0) is 41.5 Å². The Hall–Kier alpha value is -3.99. The number of anilines is 2. The number of alkyl halides is 1. The van der Waals surface area contributed by atoms with Crippen LogP contribution in [0.1, 0.15) is 43.4 Å². The molecule has 4 atom stereocenters. The summed E-state index contributed by atoms with van der Waals surface area (Å²) in [4.78, 5) is 54.7. The smallest absolute Gasteiger partial charge is 0.250 e. The van der Waals surface area contributed by atoms with Crippen molar-refractivity contribution in [1.29, 1.82) is 0 Å². The highest BCUT2D eigenvalue weighted by molar-refractivity contribution is 6.08. The first-order valence-corrected chi connectivity index (χ1v) is 14.0. The molecule has 2 aromatic rings. The van der Waals surface area contributed by atoms with Gasteiger partial charge in [0.1, 0.15) is 31.4 Å². The van der Waals surface area contributed by atoms with Gasteiger partial charge in [0, 0.05) is 18.7 Å². The van der Waals surface area contributed by atoms with Crippen molar-refractivity contribution >= 4 is 35.0 Å². The molecule has 0 spiro atoms. The number of carbonyl (C=O) groups excluding carboxylic acids is 4. The van der Waals surface area contributed by atoms with Crippen molar-refractivity contribution in [3.8, 4) is 0 Å². The number of nitrogen functional groups attached to an aromatic ring is 1. The monoisotopic (exact) mass is 567 g/mol. The minimum atomic E-state index is -0.913. The van der Waals surface area contributed by atoms with E-state index in [0.717, 1.165) is 22.4 Å². The Morgan fingerprint density at radius 2 is 1.90 bits per heavy atom. The molecule has 0 fully saturated rings. The second-order valence-electron chi connectivity index (χ2n) is 10.5. The Balaban J connectivity index is 1.51. The Kier molecular flexibility index (Phi) is 9.93. The van der Waals surface area contributed by atoms with Crippen molar-refractivity contribution in [2.45, 2.75) is 64.2 Å². The highest BCUT2D eigenvalue weighted by Gasteiger charge is 2.44. The Labute approximate surface area is 239 Å². The highest BCUT2D eigenvalue weighted by atomic mass is 19.1. The van der Waals surface area contributed by atoms with Crippen LogP contribution in [0.4, 0.5) is 15.8 Å². The van der Waals surface area contributed by atoms with Crippen LogP contribution < -0.4 is 26.6 Å². The number of amides is 4. The predicted molar refractivity (Wildman–Crippen MR) is 153 cm³/mol. The number of hydrogen-bond donors (Lipinski definition) is 4. The molecule has 41 heavy (non-hydrogen) atoms. The molecule has 0 bridgehead atoms. The van der Waals surface area contributed by atoms with Gasteiger partial charge in [-0.15, -0.1) is 0 Å². The average molecular weight is 568 g/mol. The van der Waals surface area contributed by atoms with Gasteiger partial charge < -0.3 is 26.4 Å². The number of rotatable bonds is 12. The minimum Gasteiger partial charge on any atom is -0.398 e. The van der Waals surface area contributed by atoms with Crippen LogP contribution in [0.2, 0.25) is 0 Å². The Morgan fingerprint density at radius 1 is 1.15 bits per heavy atom. The number of nitrogens with one attached hydrogen (secondary N) is 3. The number of para-hydroxylation sites is 2. The molecule has 2 aromatic carbocycles. The molecule has 5 N–H and O–H groups in total. The Bertz CT molecular complexity index is 1290. The van der Waals surface area contributed by atoms with Crippen LogP contribution in [0.25, 0.3) is 0 Å². The molecule has 2 aliphatic heterocycles. The van der Waals surface area contributed by atoms with Crippen molar-refractivity contribution in [1.82, 2.24) is 16.0 Å². The molecule has 0 unspecified atom stereocenters. The summed E-state index contributed by atoms with van der Waals surface area (Å²) in [6.45, 7) is 2.64. The van der Waals surface area contributed by atoms with Gasteiger partial charge in [-0.2, -0.15) is 0 Å². The van der Waals surface area contributed by atoms with E-state index in [0.29, 0.717) is 31.4 Å². The second-order valence-corrected chi connectivity index (χ2v) is 10.5. The van der Waals surface area contributed by atoms with Gasteiger partial charge in [-0.1, -0.05) is 56.7 Å². The number of nitrogens with two attached hydrogens (primary N) is 1. The molecule has 0 saturated heterocycles. The number of ether oxygens (including phenoxy) is 1.